The second kappa shape index (κ2) is 5.73. The molecule has 0 spiro atoms. The molecule has 2 rings (SSSR count). The molecular weight excluding hydrogens is 265 g/mol. The van der Waals surface area contributed by atoms with E-state index in [1.54, 1.807) is 12.1 Å². The summed E-state index contributed by atoms with van der Waals surface area (Å²) in [6.07, 6.45) is 0.299. The van der Waals surface area contributed by atoms with E-state index in [0.29, 0.717) is 28.3 Å². The van der Waals surface area contributed by atoms with E-state index in [0.717, 1.165) is 5.56 Å². The van der Waals surface area contributed by atoms with Gasteiger partial charge in [-0.25, -0.2) is 4.39 Å². The summed E-state index contributed by atoms with van der Waals surface area (Å²) in [4.78, 5) is 0. The van der Waals surface area contributed by atoms with E-state index < -0.39 is 0 Å². The lowest BCUT2D eigenvalue weighted by Gasteiger charge is -2.11. The summed E-state index contributed by atoms with van der Waals surface area (Å²) in [6.45, 7) is 0. The Bertz CT molecular complexity index is 649. The van der Waals surface area contributed by atoms with Gasteiger partial charge in [-0.1, -0.05) is 23.7 Å². The minimum absolute atomic E-state index is 0.299. The molecule has 0 radical (unpaired) electrons. The second-order valence-corrected chi connectivity index (χ2v) is 4.40. The van der Waals surface area contributed by atoms with Gasteiger partial charge in [0, 0.05) is 16.1 Å². The van der Waals surface area contributed by atoms with Gasteiger partial charge in [0.25, 0.3) is 0 Å². The molecule has 0 fully saturated rings. The van der Waals surface area contributed by atoms with Crippen molar-refractivity contribution in [1.82, 2.24) is 0 Å². The number of nitriles is 1. The predicted molar refractivity (Wildman–Crippen MR) is 72.7 cm³/mol. The number of benzene rings is 2. The highest BCUT2D eigenvalue weighted by Gasteiger charge is 2.11. The number of hydrogen-bond donors (Lipinski definition) is 0. The van der Waals surface area contributed by atoms with Crippen LogP contribution in [0, 0.1) is 17.1 Å². The molecule has 0 bridgehead atoms. The quantitative estimate of drug-likeness (QED) is 0.840. The molecule has 0 saturated carbocycles. The fraction of sp³-hybridized carbons (Fsp3) is 0.133. The minimum Gasteiger partial charge on any atom is -0.496 e. The predicted octanol–water partition coefficient (Wildman–Crippen LogP) is 4.22. The van der Waals surface area contributed by atoms with Gasteiger partial charge in [0.2, 0.25) is 0 Å². The Balaban J connectivity index is 2.56. The van der Waals surface area contributed by atoms with Crippen molar-refractivity contribution < 1.29 is 9.13 Å². The van der Waals surface area contributed by atoms with Crippen molar-refractivity contribution in [2.75, 3.05) is 7.11 Å². The lowest BCUT2D eigenvalue weighted by Crippen LogP contribution is -1.92. The summed E-state index contributed by atoms with van der Waals surface area (Å²) in [7, 11) is 1.53. The van der Waals surface area contributed by atoms with Gasteiger partial charge >= 0.3 is 0 Å². The second-order valence-electron chi connectivity index (χ2n) is 3.99. The SMILES string of the molecule is COc1cc(CC#N)ccc1-c1cc(F)ccc1Cl. The Hall–Kier alpha value is -2.05. The third-order valence-corrected chi connectivity index (χ3v) is 3.10. The molecule has 0 atom stereocenters. The first-order valence-electron chi connectivity index (χ1n) is 5.65. The van der Waals surface area contributed by atoms with Crippen molar-refractivity contribution in [3.63, 3.8) is 0 Å². The monoisotopic (exact) mass is 275 g/mol. The number of halogens is 2. The van der Waals surface area contributed by atoms with Crippen molar-refractivity contribution in [2.24, 2.45) is 0 Å². The van der Waals surface area contributed by atoms with E-state index in [-0.39, 0.29) is 5.82 Å². The van der Waals surface area contributed by atoms with Gasteiger partial charge in [-0.2, -0.15) is 5.26 Å². The first-order valence-corrected chi connectivity index (χ1v) is 6.03. The molecule has 2 aromatic rings. The first kappa shape index (κ1) is 13.4. The lowest BCUT2D eigenvalue weighted by atomic mass is 10.0. The summed E-state index contributed by atoms with van der Waals surface area (Å²) >= 11 is 6.09. The average Bonchev–Trinajstić information content (AvgIpc) is 2.42. The van der Waals surface area contributed by atoms with Gasteiger partial charge < -0.3 is 4.74 Å². The van der Waals surface area contributed by atoms with Crippen LogP contribution in [0.3, 0.4) is 0 Å². The zero-order valence-electron chi connectivity index (χ0n) is 10.3. The fourth-order valence-corrected chi connectivity index (χ4v) is 2.08. The van der Waals surface area contributed by atoms with Gasteiger partial charge in [0.05, 0.1) is 19.6 Å². The molecule has 0 amide bonds. The van der Waals surface area contributed by atoms with Crippen LogP contribution in [0.1, 0.15) is 5.56 Å². The molecule has 0 unspecified atom stereocenters. The van der Waals surface area contributed by atoms with Crippen LogP contribution in [-0.4, -0.2) is 7.11 Å². The van der Waals surface area contributed by atoms with Crippen LogP contribution in [0.15, 0.2) is 36.4 Å². The van der Waals surface area contributed by atoms with Crippen LogP contribution in [0.2, 0.25) is 5.02 Å². The van der Waals surface area contributed by atoms with E-state index in [1.165, 1.54) is 25.3 Å². The summed E-state index contributed by atoms with van der Waals surface area (Å²) in [6, 6.07) is 11.6. The Morgan fingerprint density at radius 2 is 2.00 bits per heavy atom. The van der Waals surface area contributed by atoms with E-state index in [1.807, 2.05) is 6.07 Å². The molecule has 0 N–H and O–H groups in total. The molecular formula is C15H11ClFNO. The highest BCUT2D eigenvalue weighted by Crippen LogP contribution is 2.35. The number of methoxy groups -OCH3 is 1. The summed E-state index contributed by atoms with van der Waals surface area (Å²) in [5.41, 5.74) is 2.12. The largest absolute Gasteiger partial charge is 0.496 e. The van der Waals surface area contributed by atoms with Crippen molar-refractivity contribution >= 4 is 11.6 Å². The van der Waals surface area contributed by atoms with E-state index in [2.05, 4.69) is 6.07 Å². The van der Waals surface area contributed by atoms with Crippen molar-refractivity contribution in [3.8, 4) is 22.9 Å². The maximum Gasteiger partial charge on any atom is 0.127 e. The smallest absolute Gasteiger partial charge is 0.127 e. The Labute approximate surface area is 116 Å². The first-order chi connectivity index (χ1) is 9.15. The van der Waals surface area contributed by atoms with E-state index in [4.69, 9.17) is 21.6 Å². The number of rotatable bonds is 3. The molecule has 0 heterocycles. The maximum atomic E-state index is 13.3. The van der Waals surface area contributed by atoms with Crippen LogP contribution < -0.4 is 4.74 Å². The molecule has 0 saturated heterocycles. The van der Waals surface area contributed by atoms with Crippen molar-refractivity contribution in [3.05, 3.63) is 52.8 Å². The van der Waals surface area contributed by atoms with E-state index >= 15 is 0 Å². The van der Waals surface area contributed by atoms with Gasteiger partial charge in [-0.3, -0.25) is 0 Å². The van der Waals surface area contributed by atoms with Crippen LogP contribution in [0.5, 0.6) is 5.75 Å². The zero-order valence-corrected chi connectivity index (χ0v) is 11.0. The Morgan fingerprint density at radius 3 is 2.68 bits per heavy atom. The number of nitrogens with zero attached hydrogens (tertiary/aromatic N) is 1. The third-order valence-electron chi connectivity index (χ3n) is 2.77. The molecule has 0 aliphatic carbocycles. The van der Waals surface area contributed by atoms with E-state index in [9.17, 15) is 4.39 Å². The van der Waals surface area contributed by atoms with Crippen LogP contribution in [0.4, 0.5) is 4.39 Å². The topological polar surface area (TPSA) is 33.0 Å². The number of ether oxygens (including phenoxy) is 1. The zero-order chi connectivity index (χ0) is 13.8. The normalized spacial score (nSPS) is 10.0. The molecule has 2 nitrogen and oxygen atoms in total. The van der Waals surface area contributed by atoms with Gasteiger partial charge in [0.15, 0.2) is 0 Å². The molecule has 0 aromatic heterocycles. The third kappa shape index (κ3) is 2.86. The maximum absolute atomic E-state index is 13.3. The molecule has 96 valence electrons. The summed E-state index contributed by atoms with van der Waals surface area (Å²) in [5, 5.41) is 9.14. The van der Waals surface area contributed by atoms with Gasteiger partial charge in [-0.05, 0) is 29.8 Å². The number of hydrogen-bond acceptors (Lipinski definition) is 2. The Kier molecular flexibility index (Phi) is 4.03. The highest BCUT2D eigenvalue weighted by molar-refractivity contribution is 6.33. The average molecular weight is 276 g/mol. The molecule has 0 aliphatic rings. The van der Waals surface area contributed by atoms with Crippen LogP contribution in [0.25, 0.3) is 11.1 Å². The van der Waals surface area contributed by atoms with Gasteiger partial charge in [0.1, 0.15) is 11.6 Å². The lowest BCUT2D eigenvalue weighted by molar-refractivity contribution is 0.416. The van der Waals surface area contributed by atoms with Crippen molar-refractivity contribution in [1.29, 1.82) is 5.26 Å². The van der Waals surface area contributed by atoms with Gasteiger partial charge in [-0.15, -0.1) is 0 Å². The van der Waals surface area contributed by atoms with Crippen LogP contribution in [-0.2, 0) is 6.42 Å². The van der Waals surface area contributed by atoms with Crippen molar-refractivity contribution in [2.45, 2.75) is 6.42 Å². The Morgan fingerprint density at radius 1 is 1.21 bits per heavy atom. The standard InChI is InChI=1S/C15H11ClFNO/c1-19-15-8-10(6-7-18)2-4-12(15)13-9-11(17)3-5-14(13)16/h2-5,8-9H,6H2,1H3. The fourth-order valence-electron chi connectivity index (χ4n) is 1.86. The molecule has 2 aromatic carbocycles. The highest BCUT2D eigenvalue weighted by atomic mass is 35.5. The minimum atomic E-state index is -0.359. The molecule has 4 heteroatoms. The van der Waals surface area contributed by atoms with Crippen LogP contribution >= 0.6 is 11.6 Å². The molecule has 0 aliphatic heterocycles. The summed E-state index contributed by atoms with van der Waals surface area (Å²) < 4.78 is 18.6. The molecule has 19 heavy (non-hydrogen) atoms. The summed E-state index contributed by atoms with van der Waals surface area (Å²) in [5.74, 6) is 0.211.